The minimum Gasteiger partial charge on any atom is -0.352 e. The van der Waals surface area contributed by atoms with Gasteiger partial charge in [0, 0.05) is 26.7 Å². The van der Waals surface area contributed by atoms with E-state index in [-0.39, 0.29) is 18.5 Å². The van der Waals surface area contributed by atoms with Crippen molar-refractivity contribution >= 4 is 27.7 Å². The van der Waals surface area contributed by atoms with Crippen molar-refractivity contribution in [1.82, 2.24) is 14.5 Å². The standard InChI is InChI=1S/C28H40N4O4S/c1-5-26(28(34)29-24-15-8-6-9-16-24)31(20-23-14-12-13-22(2)19-23)27(33)21-32(37(35,36)30(3)4)25-17-10-7-11-18-25/h7,10-14,17-19,24,26H,5-6,8-9,15-16,20-21H2,1-4H3,(H,29,34)/t26-/m1/s1. The number of carbonyl (C=O) groups excluding carboxylic acids is 2. The number of anilines is 1. The second kappa shape index (κ2) is 13.1. The van der Waals surface area contributed by atoms with Crippen LogP contribution in [-0.2, 0) is 26.3 Å². The molecule has 0 aromatic heterocycles. The van der Waals surface area contributed by atoms with Gasteiger partial charge in [-0.15, -0.1) is 0 Å². The largest absolute Gasteiger partial charge is 0.352 e. The summed E-state index contributed by atoms with van der Waals surface area (Å²) in [7, 11) is -1.08. The van der Waals surface area contributed by atoms with Gasteiger partial charge >= 0.3 is 10.2 Å². The molecule has 3 rings (SSSR count). The fourth-order valence-corrected chi connectivity index (χ4v) is 5.84. The number of carbonyl (C=O) groups is 2. The number of hydrogen-bond acceptors (Lipinski definition) is 4. The molecule has 2 amide bonds. The lowest BCUT2D eigenvalue weighted by molar-refractivity contribution is -0.140. The van der Waals surface area contributed by atoms with Gasteiger partial charge in [0.25, 0.3) is 0 Å². The van der Waals surface area contributed by atoms with Gasteiger partial charge in [-0.25, -0.2) is 4.31 Å². The lowest BCUT2D eigenvalue weighted by Crippen LogP contribution is -2.54. The van der Waals surface area contributed by atoms with Crippen LogP contribution >= 0.6 is 0 Å². The number of para-hydroxylation sites is 1. The van der Waals surface area contributed by atoms with Gasteiger partial charge in [-0.05, 0) is 43.9 Å². The summed E-state index contributed by atoms with van der Waals surface area (Å²) in [5, 5.41) is 3.16. The summed E-state index contributed by atoms with van der Waals surface area (Å²) in [5.74, 6) is -0.612. The summed E-state index contributed by atoms with van der Waals surface area (Å²) < 4.78 is 28.6. The van der Waals surface area contributed by atoms with Crippen molar-refractivity contribution in [2.45, 2.75) is 71.0 Å². The highest BCUT2D eigenvalue weighted by molar-refractivity contribution is 7.90. The zero-order valence-corrected chi connectivity index (χ0v) is 23.2. The molecule has 1 aliphatic carbocycles. The van der Waals surface area contributed by atoms with Crippen molar-refractivity contribution in [3.63, 3.8) is 0 Å². The van der Waals surface area contributed by atoms with Crippen molar-refractivity contribution < 1.29 is 18.0 Å². The van der Waals surface area contributed by atoms with Crippen LogP contribution in [0.25, 0.3) is 0 Å². The third-order valence-electron chi connectivity index (χ3n) is 6.84. The SMILES string of the molecule is CC[C@H](C(=O)NC1CCCCC1)N(Cc1cccc(C)c1)C(=O)CN(c1ccccc1)S(=O)(=O)N(C)C. The zero-order chi connectivity index (χ0) is 27.0. The lowest BCUT2D eigenvalue weighted by atomic mass is 9.95. The van der Waals surface area contributed by atoms with E-state index in [0.717, 1.165) is 45.4 Å². The number of nitrogens with one attached hydrogen (secondary N) is 1. The van der Waals surface area contributed by atoms with Gasteiger partial charge in [0.1, 0.15) is 12.6 Å². The minimum absolute atomic E-state index is 0.112. The summed E-state index contributed by atoms with van der Waals surface area (Å²) in [5.41, 5.74) is 2.32. The van der Waals surface area contributed by atoms with Crippen LogP contribution in [-0.4, -0.2) is 62.2 Å². The maximum absolute atomic E-state index is 13.9. The number of benzene rings is 2. The number of amides is 2. The van der Waals surface area contributed by atoms with Crippen molar-refractivity contribution in [2.75, 3.05) is 24.9 Å². The van der Waals surface area contributed by atoms with E-state index in [2.05, 4.69) is 5.32 Å². The van der Waals surface area contributed by atoms with Gasteiger partial charge in [-0.3, -0.25) is 9.59 Å². The zero-order valence-electron chi connectivity index (χ0n) is 22.4. The Morgan fingerprint density at radius 3 is 2.27 bits per heavy atom. The minimum atomic E-state index is -3.96. The molecule has 37 heavy (non-hydrogen) atoms. The van der Waals surface area contributed by atoms with Crippen LogP contribution in [0.4, 0.5) is 5.69 Å². The van der Waals surface area contributed by atoms with E-state index in [1.807, 2.05) is 38.1 Å². The van der Waals surface area contributed by atoms with Gasteiger partial charge in [-0.1, -0.05) is 74.2 Å². The first kappa shape index (κ1) is 28.7. The van der Waals surface area contributed by atoms with Gasteiger partial charge in [0.15, 0.2) is 0 Å². The normalized spacial score (nSPS) is 15.3. The third kappa shape index (κ3) is 7.55. The fraction of sp³-hybridized carbons (Fsp3) is 0.500. The van der Waals surface area contributed by atoms with E-state index in [4.69, 9.17) is 0 Å². The molecule has 1 saturated carbocycles. The molecular formula is C28H40N4O4S. The van der Waals surface area contributed by atoms with E-state index in [1.54, 1.807) is 30.3 Å². The molecule has 2 aromatic rings. The molecule has 0 unspecified atom stereocenters. The Kier molecular flexibility index (Phi) is 10.1. The van der Waals surface area contributed by atoms with E-state index in [0.29, 0.717) is 12.1 Å². The van der Waals surface area contributed by atoms with Crippen LogP contribution in [0.2, 0.25) is 0 Å². The van der Waals surface area contributed by atoms with Crippen molar-refractivity contribution in [3.05, 3.63) is 65.7 Å². The summed E-state index contributed by atoms with van der Waals surface area (Å²) in [6.07, 6.45) is 5.65. The maximum atomic E-state index is 13.9. The molecule has 0 spiro atoms. The molecule has 1 aliphatic rings. The highest BCUT2D eigenvalue weighted by Crippen LogP contribution is 2.22. The molecule has 0 bridgehead atoms. The van der Waals surface area contributed by atoms with Crippen molar-refractivity contribution in [3.8, 4) is 0 Å². The molecule has 1 atom stereocenters. The summed E-state index contributed by atoms with van der Waals surface area (Å²) in [6, 6.07) is 15.8. The monoisotopic (exact) mass is 528 g/mol. The first-order valence-corrected chi connectivity index (χ1v) is 14.4. The first-order valence-electron chi connectivity index (χ1n) is 13.0. The Bertz CT molecular complexity index is 1150. The molecular weight excluding hydrogens is 488 g/mol. The van der Waals surface area contributed by atoms with E-state index in [9.17, 15) is 18.0 Å². The van der Waals surface area contributed by atoms with Gasteiger partial charge in [0.2, 0.25) is 11.8 Å². The average Bonchev–Trinajstić information content (AvgIpc) is 2.88. The molecule has 8 nitrogen and oxygen atoms in total. The highest BCUT2D eigenvalue weighted by atomic mass is 32.2. The van der Waals surface area contributed by atoms with E-state index in [1.165, 1.54) is 25.4 Å². The van der Waals surface area contributed by atoms with Crippen molar-refractivity contribution in [1.29, 1.82) is 0 Å². The van der Waals surface area contributed by atoms with Crippen LogP contribution in [0.5, 0.6) is 0 Å². The van der Waals surface area contributed by atoms with Crippen LogP contribution in [0, 0.1) is 6.92 Å². The highest BCUT2D eigenvalue weighted by Gasteiger charge is 2.34. The number of aryl methyl sites for hydroxylation is 1. The smallest absolute Gasteiger partial charge is 0.304 e. The van der Waals surface area contributed by atoms with E-state index >= 15 is 0 Å². The van der Waals surface area contributed by atoms with E-state index < -0.39 is 28.7 Å². The maximum Gasteiger partial charge on any atom is 0.304 e. The first-order chi connectivity index (χ1) is 17.6. The lowest BCUT2D eigenvalue weighted by Gasteiger charge is -2.35. The van der Waals surface area contributed by atoms with Crippen LogP contribution in [0.1, 0.15) is 56.6 Å². The average molecular weight is 529 g/mol. The quantitative estimate of drug-likeness (QED) is 0.480. The molecule has 9 heteroatoms. The third-order valence-corrected chi connectivity index (χ3v) is 8.66. The topological polar surface area (TPSA) is 90.0 Å². The summed E-state index contributed by atoms with van der Waals surface area (Å²) >= 11 is 0. The Balaban J connectivity index is 1.94. The molecule has 2 aromatic carbocycles. The van der Waals surface area contributed by atoms with Crippen LogP contribution < -0.4 is 9.62 Å². The Morgan fingerprint density at radius 1 is 1.00 bits per heavy atom. The Morgan fingerprint density at radius 2 is 1.68 bits per heavy atom. The summed E-state index contributed by atoms with van der Waals surface area (Å²) in [4.78, 5) is 28.9. The van der Waals surface area contributed by atoms with Crippen LogP contribution in [0.3, 0.4) is 0 Å². The second-order valence-electron chi connectivity index (χ2n) is 9.91. The predicted molar refractivity (Wildman–Crippen MR) is 147 cm³/mol. The molecule has 202 valence electrons. The predicted octanol–water partition coefficient (Wildman–Crippen LogP) is 3.86. The number of nitrogens with zero attached hydrogens (tertiary/aromatic N) is 3. The van der Waals surface area contributed by atoms with Gasteiger partial charge in [0.05, 0.1) is 5.69 Å². The molecule has 1 fully saturated rings. The second-order valence-corrected chi connectivity index (χ2v) is 12.0. The Labute approximate surface area is 221 Å². The van der Waals surface area contributed by atoms with Gasteiger partial charge in [-0.2, -0.15) is 12.7 Å². The Hall–Kier alpha value is -2.91. The van der Waals surface area contributed by atoms with Crippen LogP contribution in [0.15, 0.2) is 54.6 Å². The molecule has 0 radical (unpaired) electrons. The van der Waals surface area contributed by atoms with Crippen molar-refractivity contribution in [2.24, 2.45) is 0 Å². The fourth-order valence-electron chi connectivity index (χ4n) is 4.78. The molecule has 1 N–H and O–H groups in total. The summed E-state index contributed by atoms with van der Waals surface area (Å²) in [6.45, 7) is 3.65. The molecule has 0 aliphatic heterocycles. The van der Waals surface area contributed by atoms with Gasteiger partial charge < -0.3 is 10.2 Å². The number of hydrogen-bond donors (Lipinski definition) is 1. The number of rotatable bonds is 11. The molecule has 0 saturated heterocycles. The molecule has 0 heterocycles.